The lowest BCUT2D eigenvalue weighted by Gasteiger charge is -2.32. The number of carbonyl (C=O) groups excluding carboxylic acids is 1. The number of amides is 1. The van der Waals surface area contributed by atoms with Crippen LogP contribution in [0.1, 0.15) is 19.8 Å². The second-order valence-electron chi connectivity index (χ2n) is 5.50. The van der Waals surface area contributed by atoms with Gasteiger partial charge in [0.1, 0.15) is 0 Å². The molecule has 0 spiro atoms. The molecule has 22 heavy (non-hydrogen) atoms. The largest absolute Gasteiger partial charge is 0.342 e. The van der Waals surface area contributed by atoms with E-state index in [0.29, 0.717) is 21.7 Å². The number of carbonyl (C=O) groups is 1. The zero-order chi connectivity index (χ0) is 15.9. The summed E-state index contributed by atoms with van der Waals surface area (Å²) in [5.74, 6) is 1.29. The molecule has 6 heteroatoms. The van der Waals surface area contributed by atoms with E-state index >= 15 is 0 Å². The Balaban J connectivity index is 1.77. The number of likely N-dealkylation sites (tertiary alicyclic amines) is 1. The summed E-state index contributed by atoms with van der Waals surface area (Å²) in [5.41, 5.74) is 0. The van der Waals surface area contributed by atoms with Gasteiger partial charge in [-0.25, -0.2) is 0 Å². The second kappa shape index (κ2) is 9.02. The molecule has 0 aliphatic carbocycles. The summed E-state index contributed by atoms with van der Waals surface area (Å²) in [6.45, 7) is 5.91. The maximum absolute atomic E-state index is 12.3. The highest BCUT2D eigenvalue weighted by molar-refractivity contribution is 8.00. The van der Waals surface area contributed by atoms with Crippen LogP contribution in [0.2, 0.25) is 10.0 Å². The van der Waals surface area contributed by atoms with E-state index < -0.39 is 0 Å². The molecule has 1 aromatic carbocycles. The van der Waals surface area contributed by atoms with Crippen LogP contribution in [0.25, 0.3) is 0 Å². The van der Waals surface area contributed by atoms with Crippen molar-refractivity contribution in [3.8, 4) is 0 Å². The normalized spacial score (nSPS) is 16.0. The van der Waals surface area contributed by atoms with Crippen molar-refractivity contribution in [2.75, 3.05) is 31.9 Å². The zero-order valence-electron chi connectivity index (χ0n) is 12.8. The Morgan fingerprint density at radius 3 is 2.77 bits per heavy atom. The number of nitrogens with zero attached hydrogens (tertiary/aromatic N) is 1. The first-order chi connectivity index (χ1) is 10.6. The van der Waals surface area contributed by atoms with Gasteiger partial charge in [-0.15, -0.1) is 11.8 Å². The summed E-state index contributed by atoms with van der Waals surface area (Å²) in [6.07, 6.45) is 2.17. The topological polar surface area (TPSA) is 32.3 Å². The Kier molecular flexibility index (Phi) is 7.35. The maximum Gasteiger partial charge on any atom is 0.232 e. The van der Waals surface area contributed by atoms with Crippen molar-refractivity contribution in [3.63, 3.8) is 0 Å². The molecule has 1 aromatic rings. The Bertz CT molecular complexity index is 505. The van der Waals surface area contributed by atoms with Crippen molar-refractivity contribution in [2.45, 2.75) is 24.7 Å². The molecule has 1 fully saturated rings. The lowest BCUT2D eigenvalue weighted by molar-refractivity contribution is -0.129. The first kappa shape index (κ1) is 17.9. The Morgan fingerprint density at radius 1 is 1.36 bits per heavy atom. The number of hydrogen-bond acceptors (Lipinski definition) is 3. The van der Waals surface area contributed by atoms with Crippen molar-refractivity contribution in [2.24, 2.45) is 5.92 Å². The molecule has 0 saturated carbocycles. The minimum atomic E-state index is 0.183. The minimum absolute atomic E-state index is 0.183. The molecule has 1 saturated heterocycles. The Hall–Kier alpha value is -0.420. The van der Waals surface area contributed by atoms with Gasteiger partial charge in [-0.05, 0) is 50.0 Å². The van der Waals surface area contributed by atoms with Crippen molar-refractivity contribution in [1.82, 2.24) is 10.2 Å². The highest BCUT2D eigenvalue weighted by atomic mass is 35.5. The van der Waals surface area contributed by atoms with E-state index in [1.165, 1.54) is 11.8 Å². The first-order valence-electron chi connectivity index (χ1n) is 7.66. The SMILES string of the molecule is CCNCC1CCN(C(=O)CSc2cc(Cl)ccc2Cl)CC1. The molecule has 1 aliphatic heterocycles. The van der Waals surface area contributed by atoms with Crippen molar-refractivity contribution < 1.29 is 4.79 Å². The molecule has 1 N–H and O–H groups in total. The highest BCUT2D eigenvalue weighted by Gasteiger charge is 2.22. The van der Waals surface area contributed by atoms with Crippen LogP contribution in [0.3, 0.4) is 0 Å². The lowest BCUT2D eigenvalue weighted by atomic mass is 9.97. The summed E-state index contributed by atoms with van der Waals surface area (Å²) in [4.78, 5) is 15.1. The van der Waals surface area contributed by atoms with E-state index in [1.54, 1.807) is 12.1 Å². The molecule has 1 aliphatic rings. The van der Waals surface area contributed by atoms with Crippen LogP contribution in [-0.2, 0) is 4.79 Å². The van der Waals surface area contributed by atoms with Gasteiger partial charge in [0.25, 0.3) is 0 Å². The van der Waals surface area contributed by atoms with Gasteiger partial charge in [0.15, 0.2) is 0 Å². The molecule has 122 valence electrons. The van der Waals surface area contributed by atoms with Crippen LogP contribution in [0.5, 0.6) is 0 Å². The van der Waals surface area contributed by atoms with Crippen LogP contribution in [0.4, 0.5) is 0 Å². The molecule has 0 bridgehead atoms. The third-order valence-electron chi connectivity index (χ3n) is 3.89. The van der Waals surface area contributed by atoms with E-state index in [0.717, 1.165) is 43.9 Å². The molecule has 0 aromatic heterocycles. The molecule has 0 atom stereocenters. The number of nitrogens with one attached hydrogen (secondary N) is 1. The molecule has 1 amide bonds. The molecule has 0 unspecified atom stereocenters. The molecular formula is C16H22Cl2N2OS. The highest BCUT2D eigenvalue weighted by Crippen LogP contribution is 2.30. The fraction of sp³-hybridized carbons (Fsp3) is 0.562. The van der Waals surface area contributed by atoms with Crippen LogP contribution < -0.4 is 5.32 Å². The second-order valence-corrected chi connectivity index (χ2v) is 7.36. The first-order valence-corrected chi connectivity index (χ1v) is 9.40. The van der Waals surface area contributed by atoms with Crippen molar-refractivity contribution in [1.29, 1.82) is 0 Å². The maximum atomic E-state index is 12.3. The average Bonchev–Trinajstić information content (AvgIpc) is 2.54. The van der Waals surface area contributed by atoms with Crippen LogP contribution in [0, 0.1) is 5.92 Å². The summed E-state index contributed by atoms with van der Waals surface area (Å²) in [7, 11) is 0. The van der Waals surface area contributed by atoms with Crippen LogP contribution in [-0.4, -0.2) is 42.7 Å². The number of thioether (sulfide) groups is 1. The zero-order valence-corrected chi connectivity index (χ0v) is 15.1. The van der Waals surface area contributed by atoms with Crippen LogP contribution in [0.15, 0.2) is 23.1 Å². The van der Waals surface area contributed by atoms with Crippen LogP contribution >= 0.6 is 35.0 Å². The fourth-order valence-electron chi connectivity index (χ4n) is 2.55. The fourth-order valence-corrected chi connectivity index (χ4v) is 3.95. The third kappa shape index (κ3) is 5.34. The van der Waals surface area contributed by atoms with E-state index in [9.17, 15) is 4.79 Å². The summed E-state index contributed by atoms with van der Waals surface area (Å²) >= 11 is 13.5. The lowest BCUT2D eigenvalue weighted by Crippen LogP contribution is -2.41. The number of hydrogen-bond donors (Lipinski definition) is 1. The molecule has 2 rings (SSSR count). The van der Waals surface area contributed by atoms with Gasteiger partial charge >= 0.3 is 0 Å². The minimum Gasteiger partial charge on any atom is -0.342 e. The number of benzene rings is 1. The van der Waals surface area contributed by atoms with Gasteiger partial charge in [-0.2, -0.15) is 0 Å². The van der Waals surface area contributed by atoms with E-state index in [2.05, 4.69) is 12.2 Å². The number of halogens is 2. The standard InChI is InChI=1S/C16H22Cl2N2OS/c1-2-19-10-12-5-7-20(8-6-12)16(21)11-22-15-9-13(17)3-4-14(15)18/h3-4,9,12,19H,2,5-8,10-11H2,1H3. The van der Waals surface area contributed by atoms with E-state index in [-0.39, 0.29) is 5.91 Å². The molecule has 1 heterocycles. The Labute approximate surface area is 146 Å². The number of piperidine rings is 1. The molecule has 3 nitrogen and oxygen atoms in total. The third-order valence-corrected chi connectivity index (χ3v) is 5.61. The predicted molar refractivity (Wildman–Crippen MR) is 95.0 cm³/mol. The molecule has 0 radical (unpaired) electrons. The van der Waals surface area contributed by atoms with Crippen molar-refractivity contribution in [3.05, 3.63) is 28.2 Å². The quantitative estimate of drug-likeness (QED) is 0.779. The predicted octanol–water partition coefficient (Wildman–Crippen LogP) is 3.93. The summed E-state index contributed by atoms with van der Waals surface area (Å²) < 4.78 is 0. The van der Waals surface area contributed by atoms with Gasteiger partial charge in [0, 0.05) is 23.0 Å². The average molecular weight is 361 g/mol. The van der Waals surface area contributed by atoms with Gasteiger partial charge in [0.2, 0.25) is 5.91 Å². The van der Waals surface area contributed by atoms with Gasteiger partial charge in [-0.3, -0.25) is 4.79 Å². The number of rotatable bonds is 6. The molecular weight excluding hydrogens is 339 g/mol. The van der Waals surface area contributed by atoms with E-state index in [1.807, 2.05) is 11.0 Å². The van der Waals surface area contributed by atoms with E-state index in [4.69, 9.17) is 23.2 Å². The summed E-state index contributed by atoms with van der Waals surface area (Å²) in [5, 5.41) is 4.67. The van der Waals surface area contributed by atoms with Gasteiger partial charge in [0.05, 0.1) is 10.8 Å². The van der Waals surface area contributed by atoms with Gasteiger partial charge < -0.3 is 10.2 Å². The summed E-state index contributed by atoms with van der Waals surface area (Å²) in [6, 6.07) is 5.33. The monoisotopic (exact) mass is 360 g/mol. The Morgan fingerprint density at radius 2 is 2.09 bits per heavy atom. The van der Waals surface area contributed by atoms with Gasteiger partial charge in [-0.1, -0.05) is 30.1 Å². The van der Waals surface area contributed by atoms with Crippen molar-refractivity contribution >= 4 is 40.9 Å². The smallest absolute Gasteiger partial charge is 0.232 e.